The summed E-state index contributed by atoms with van der Waals surface area (Å²) in [5.74, 6) is -0.421. The first-order valence-electron chi connectivity index (χ1n) is 7.46. The van der Waals surface area contributed by atoms with Crippen LogP contribution < -0.4 is 10.0 Å². The first kappa shape index (κ1) is 18.6. The summed E-state index contributed by atoms with van der Waals surface area (Å²) in [5, 5.41) is 2.69. The lowest BCUT2D eigenvalue weighted by molar-refractivity contribution is -0.115. The highest BCUT2D eigenvalue weighted by molar-refractivity contribution is 9.10. The highest BCUT2D eigenvalue weighted by atomic mass is 79.9. The smallest absolute Gasteiger partial charge is 0.242 e. The number of carbonyl (C=O) groups excluding carboxylic acids is 1. The molecule has 0 spiro atoms. The SMILES string of the molecule is CCc1cccc(NC(=O)CNS(=O)(=O)c2ccc(C)cc2Br)c1. The van der Waals surface area contributed by atoms with Crippen LogP contribution in [-0.4, -0.2) is 20.9 Å². The third-order valence-electron chi connectivity index (χ3n) is 3.42. The molecule has 2 aromatic rings. The molecule has 0 atom stereocenters. The summed E-state index contributed by atoms with van der Waals surface area (Å²) in [7, 11) is -3.77. The van der Waals surface area contributed by atoms with Crippen LogP contribution in [0.5, 0.6) is 0 Å². The van der Waals surface area contributed by atoms with Gasteiger partial charge in [-0.2, -0.15) is 0 Å². The van der Waals surface area contributed by atoms with Crippen molar-refractivity contribution in [1.82, 2.24) is 4.72 Å². The van der Waals surface area contributed by atoms with Crippen LogP contribution in [0.2, 0.25) is 0 Å². The van der Waals surface area contributed by atoms with Crippen molar-refractivity contribution in [3.63, 3.8) is 0 Å². The molecular formula is C17H19BrN2O3S. The average Bonchev–Trinajstić information content (AvgIpc) is 2.53. The monoisotopic (exact) mass is 410 g/mol. The Bertz CT molecular complexity index is 851. The van der Waals surface area contributed by atoms with Crippen molar-refractivity contribution in [2.45, 2.75) is 25.2 Å². The van der Waals surface area contributed by atoms with Gasteiger partial charge in [0.15, 0.2) is 0 Å². The maximum atomic E-state index is 12.3. The molecule has 5 nitrogen and oxygen atoms in total. The highest BCUT2D eigenvalue weighted by Gasteiger charge is 2.18. The van der Waals surface area contributed by atoms with E-state index in [2.05, 4.69) is 26.0 Å². The van der Waals surface area contributed by atoms with Crippen molar-refractivity contribution in [2.75, 3.05) is 11.9 Å². The van der Waals surface area contributed by atoms with E-state index in [1.807, 2.05) is 32.0 Å². The number of carbonyl (C=O) groups is 1. The third kappa shape index (κ3) is 4.90. The van der Waals surface area contributed by atoms with Gasteiger partial charge in [-0.1, -0.05) is 25.1 Å². The minimum atomic E-state index is -3.77. The van der Waals surface area contributed by atoms with Gasteiger partial charge in [0.05, 0.1) is 11.4 Å². The van der Waals surface area contributed by atoms with Crippen LogP contribution in [0.3, 0.4) is 0 Å². The van der Waals surface area contributed by atoms with E-state index in [0.29, 0.717) is 10.2 Å². The summed E-state index contributed by atoms with van der Waals surface area (Å²) >= 11 is 3.24. The second kappa shape index (κ2) is 7.92. The lowest BCUT2D eigenvalue weighted by Crippen LogP contribution is -2.33. The molecule has 0 saturated carbocycles. The molecule has 0 aliphatic carbocycles. The van der Waals surface area contributed by atoms with Gasteiger partial charge in [-0.05, 0) is 64.7 Å². The van der Waals surface area contributed by atoms with Crippen LogP contribution in [0.25, 0.3) is 0 Å². The van der Waals surface area contributed by atoms with E-state index in [-0.39, 0.29) is 11.4 Å². The molecule has 128 valence electrons. The first-order valence-corrected chi connectivity index (χ1v) is 9.74. The zero-order chi connectivity index (χ0) is 17.7. The predicted molar refractivity (Wildman–Crippen MR) is 98.5 cm³/mol. The molecule has 0 radical (unpaired) electrons. The van der Waals surface area contributed by atoms with E-state index < -0.39 is 15.9 Å². The van der Waals surface area contributed by atoms with E-state index >= 15 is 0 Å². The second-order valence-corrected chi connectivity index (χ2v) is 7.95. The molecule has 0 heterocycles. The van der Waals surface area contributed by atoms with Crippen LogP contribution in [-0.2, 0) is 21.2 Å². The van der Waals surface area contributed by atoms with Crippen molar-refractivity contribution >= 4 is 37.5 Å². The normalized spacial score (nSPS) is 11.3. The van der Waals surface area contributed by atoms with Crippen LogP contribution >= 0.6 is 15.9 Å². The van der Waals surface area contributed by atoms with Crippen molar-refractivity contribution in [3.8, 4) is 0 Å². The van der Waals surface area contributed by atoms with Gasteiger partial charge in [0.25, 0.3) is 0 Å². The topological polar surface area (TPSA) is 75.3 Å². The van der Waals surface area contributed by atoms with Crippen molar-refractivity contribution in [1.29, 1.82) is 0 Å². The summed E-state index contributed by atoms with van der Waals surface area (Å²) in [6, 6.07) is 12.4. The Labute approximate surface area is 150 Å². The van der Waals surface area contributed by atoms with E-state index in [1.165, 1.54) is 6.07 Å². The fourth-order valence-corrected chi connectivity index (χ4v) is 4.31. The molecule has 0 unspecified atom stereocenters. The van der Waals surface area contributed by atoms with Gasteiger partial charge in [-0.15, -0.1) is 0 Å². The molecule has 0 saturated heterocycles. The number of nitrogens with one attached hydrogen (secondary N) is 2. The Morgan fingerprint density at radius 1 is 1.17 bits per heavy atom. The zero-order valence-electron chi connectivity index (χ0n) is 13.5. The van der Waals surface area contributed by atoms with E-state index in [4.69, 9.17) is 0 Å². The Hall–Kier alpha value is -1.70. The summed E-state index contributed by atoms with van der Waals surface area (Å²) in [6.45, 7) is 3.56. The fraction of sp³-hybridized carbons (Fsp3) is 0.235. The second-order valence-electron chi connectivity index (χ2n) is 5.36. The summed E-state index contributed by atoms with van der Waals surface area (Å²) in [5.41, 5.74) is 2.68. The standard InChI is InChI=1S/C17H19BrN2O3S/c1-3-13-5-4-6-14(10-13)20-17(21)11-19-24(22,23)16-8-7-12(2)9-15(16)18/h4-10,19H,3,11H2,1-2H3,(H,20,21). The Kier molecular flexibility index (Phi) is 6.15. The molecule has 1 amide bonds. The Morgan fingerprint density at radius 3 is 2.58 bits per heavy atom. The number of sulfonamides is 1. The number of rotatable bonds is 6. The van der Waals surface area contributed by atoms with Crippen LogP contribution in [0, 0.1) is 6.92 Å². The number of hydrogen-bond acceptors (Lipinski definition) is 3. The van der Waals surface area contributed by atoms with Gasteiger partial charge in [-0.3, -0.25) is 4.79 Å². The molecule has 2 rings (SSSR count). The number of anilines is 1. The summed E-state index contributed by atoms with van der Waals surface area (Å²) in [4.78, 5) is 12.1. The van der Waals surface area contributed by atoms with Gasteiger partial charge in [-0.25, -0.2) is 13.1 Å². The van der Waals surface area contributed by atoms with Gasteiger partial charge in [0, 0.05) is 10.2 Å². The minimum Gasteiger partial charge on any atom is -0.325 e. The molecule has 0 aliphatic rings. The number of amides is 1. The number of hydrogen-bond donors (Lipinski definition) is 2. The van der Waals surface area contributed by atoms with Gasteiger partial charge >= 0.3 is 0 Å². The van der Waals surface area contributed by atoms with Gasteiger partial charge in [0.1, 0.15) is 0 Å². The van der Waals surface area contributed by atoms with Crippen molar-refractivity contribution in [3.05, 3.63) is 58.1 Å². The minimum absolute atomic E-state index is 0.105. The lowest BCUT2D eigenvalue weighted by atomic mass is 10.1. The van der Waals surface area contributed by atoms with Gasteiger partial charge < -0.3 is 5.32 Å². The summed E-state index contributed by atoms with van der Waals surface area (Å²) in [6.07, 6.45) is 0.859. The molecule has 2 N–H and O–H groups in total. The highest BCUT2D eigenvalue weighted by Crippen LogP contribution is 2.22. The largest absolute Gasteiger partial charge is 0.325 e. The molecule has 7 heteroatoms. The predicted octanol–water partition coefficient (Wildman–Crippen LogP) is 3.24. The van der Waals surface area contributed by atoms with E-state index in [1.54, 1.807) is 18.2 Å². The van der Waals surface area contributed by atoms with Crippen LogP contribution in [0.4, 0.5) is 5.69 Å². The Balaban J connectivity index is 2.02. The fourth-order valence-electron chi connectivity index (χ4n) is 2.14. The van der Waals surface area contributed by atoms with Gasteiger partial charge in [0.2, 0.25) is 15.9 Å². The van der Waals surface area contributed by atoms with Crippen LogP contribution in [0.15, 0.2) is 51.8 Å². The molecule has 0 aromatic heterocycles. The number of aryl methyl sites for hydroxylation is 2. The number of benzene rings is 2. The van der Waals surface area contributed by atoms with E-state index in [9.17, 15) is 13.2 Å². The molecule has 2 aromatic carbocycles. The quantitative estimate of drug-likeness (QED) is 0.767. The molecule has 0 bridgehead atoms. The third-order valence-corrected chi connectivity index (χ3v) is 5.80. The molecule has 24 heavy (non-hydrogen) atoms. The Morgan fingerprint density at radius 2 is 1.92 bits per heavy atom. The number of halogens is 1. The average molecular weight is 411 g/mol. The van der Waals surface area contributed by atoms with Crippen LogP contribution in [0.1, 0.15) is 18.1 Å². The van der Waals surface area contributed by atoms with Crippen molar-refractivity contribution in [2.24, 2.45) is 0 Å². The zero-order valence-corrected chi connectivity index (χ0v) is 15.9. The lowest BCUT2D eigenvalue weighted by Gasteiger charge is -2.10. The van der Waals surface area contributed by atoms with E-state index in [0.717, 1.165) is 17.5 Å². The molecule has 0 aliphatic heterocycles. The summed E-state index contributed by atoms with van der Waals surface area (Å²) < 4.78 is 27.4. The maximum absolute atomic E-state index is 12.3. The van der Waals surface area contributed by atoms with Crippen molar-refractivity contribution < 1.29 is 13.2 Å². The first-order chi connectivity index (χ1) is 11.3. The maximum Gasteiger partial charge on any atom is 0.242 e. The molecule has 0 fully saturated rings. The molecular weight excluding hydrogens is 392 g/mol.